The highest BCUT2D eigenvalue weighted by atomic mass is 16.5. The average molecular weight is 379 g/mol. The second-order valence-electron chi connectivity index (χ2n) is 6.82. The van der Waals surface area contributed by atoms with Crippen LogP contribution in [0.5, 0.6) is 5.75 Å². The lowest BCUT2D eigenvalue weighted by Gasteiger charge is -2.32. The SMILES string of the molecule is COc1cccc(-c2[nH]ncc2C(=O)N2CCC[C@@H](c3cc(=O)[nH]cn3)C2)c1. The molecular formula is C20H21N5O3. The van der Waals surface area contributed by atoms with Crippen molar-refractivity contribution in [2.24, 2.45) is 0 Å². The molecule has 0 saturated carbocycles. The van der Waals surface area contributed by atoms with Crippen molar-refractivity contribution >= 4 is 5.91 Å². The summed E-state index contributed by atoms with van der Waals surface area (Å²) in [4.78, 5) is 33.4. The molecule has 8 nitrogen and oxygen atoms in total. The van der Waals surface area contributed by atoms with Crippen LogP contribution in [0.2, 0.25) is 0 Å². The first-order valence-corrected chi connectivity index (χ1v) is 9.17. The number of aromatic nitrogens is 4. The summed E-state index contributed by atoms with van der Waals surface area (Å²) < 4.78 is 5.28. The van der Waals surface area contributed by atoms with E-state index >= 15 is 0 Å². The summed E-state index contributed by atoms with van der Waals surface area (Å²) in [7, 11) is 1.61. The molecule has 1 aliphatic rings. The monoisotopic (exact) mass is 379 g/mol. The Morgan fingerprint density at radius 1 is 1.32 bits per heavy atom. The van der Waals surface area contributed by atoms with Crippen LogP contribution in [0.1, 0.15) is 34.8 Å². The van der Waals surface area contributed by atoms with Gasteiger partial charge in [0.1, 0.15) is 5.75 Å². The van der Waals surface area contributed by atoms with Gasteiger partial charge in [0.2, 0.25) is 0 Å². The number of benzene rings is 1. The Balaban J connectivity index is 1.58. The van der Waals surface area contributed by atoms with Crippen LogP contribution in [-0.4, -0.2) is 51.2 Å². The zero-order valence-electron chi connectivity index (χ0n) is 15.5. The first-order valence-electron chi connectivity index (χ1n) is 9.17. The number of likely N-dealkylation sites (tertiary alicyclic amines) is 1. The van der Waals surface area contributed by atoms with Crippen LogP contribution in [0.25, 0.3) is 11.3 Å². The van der Waals surface area contributed by atoms with E-state index in [9.17, 15) is 9.59 Å². The molecule has 1 saturated heterocycles. The van der Waals surface area contributed by atoms with E-state index in [1.807, 2.05) is 29.2 Å². The van der Waals surface area contributed by atoms with Crippen molar-refractivity contribution < 1.29 is 9.53 Å². The Morgan fingerprint density at radius 2 is 2.21 bits per heavy atom. The first-order chi connectivity index (χ1) is 13.7. The Labute approximate surface area is 161 Å². The molecule has 8 heteroatoms. The number of nitrogens with one attached hydrogen (secondary N) is 2. The molecule has 1 fully saturated rings. The van der Waals surface area contributed by atoms with Crippen LogP contribution in [0.3, 0.4) is 0 Å². The number of amides is 1. The summed E-state index contributed by atoms with van der Waals surface area (Å²) >= 11 is 0. The molecule has 4 rings (SSSR count). The van der Waals surface area contributed by atoms with Gasteiger partial charge in [0.05, 0.1) is 36.6 Å². The van der Waals surface area contributed by atoms with Crippen LogP contribution < -0.4 is 10.3 Å². The minimum Gasteiger partial charge on any atom is -0.497 e. The topological polar surface area (TPSA) is 104 Å². The molecule has 0 bridgehead atoms. The van der Waals surface area contributed by atoms with E-state index < -0.39 is 0 Å². The number of piperidine rings is 1. The number of rotatable bonds is 4. The van der Waals surface area contributed by atoms with E-state index in [1.165, 1.54) is 12.4 Å². The highest BCUT2D eigenvalue weighted by Gasteiger charge is 2.28. The number of hydrogen-bond acceptors (Lipinski definition) is 5. The van der Waals surface area contributed by atoms with Crippen LogP contribution in [0.15, 0.2) is 47.7 Å². The molecule has 1 aromatic carbocycles. The van der Waals surface area contributed by atoms with Crippen molar-refractivity contribution in [3.63, 3.8) is 0 Å². The van der Waals surface area contributed by atoms with E-state index in [1.54, 1.807) is 13.3 Å². The van der Waals surface area contributed by atoms with Gasteiger partial charge in [0.15, 0.2) is 0 Å². The summed E-state index contributed by atoms with van der Waals surface area (Å²) in [5.41, 5.74) is 2.57. The van der Waals surface area contributed by atoms with Crippen LogP contribution >= 0.6 is 0 Å². The van der Waals surface area contributed by atoms with Gasteiger partial charge >= 0.3 is 0 Å². The number of carbonyl (C=O) groups is 1. The standard InChI is InChI=1S/C20H21N5O3/c1-28-15-6-2-4-13(8-15)19-16(10-23-24-19)20(27)25-7-3-5-14(11-25)17-9-18(26)22-12-21-17/h2,4,6,8-10,12,14H,3,5,7,11H2,1H3,(H,23,24)(H,21,22,26)/t14-/m1/s1. The normalized spacial score (nSPS) is 16.8. The summed E-state index contributed by atoms with van der Waals surface area (Å²) in [5.74, 6) is 0.678. The zero-order valence-corrected chi connectivity index (χ0v) is 15.5. The fourth-order valence-corrected chi connectivity index (χ4v) is 3.63. The van der Waals surface area contributed by atoms with Gasteiger partial charge in [0.25, 0.3) is 11.5 Å². The molecule has 2 N–H and O–H groups in total. The molecule has 1 aliphatic heterocycles. The van der Waals surface area contributed by atoms with Crippen molar-refractivity contribution in [3.8, 4) is 17.0 Å². The molecule has 144 valence electrons. The number of hydrogen-bond donors (Lipinski definition) is 2. The molecule has 3 heterocycles. The molecule has 1 atom stereocenters. The van der Waals surface area contributed by atoms with Gasteiger partial charge < -0.3 is 14.6 Å². The first kappa shape index (κ1) is 18.0. The third-order valence-electron chi connectivity index (χ3n) is 5.05. The van der Waals surface area contributed by atoms with E-state index in [-0.39, 0.29) is 17.4 Å². The molecule has 0 spiro atoms. The molecule has 0 unspecified atom stereocenters. The summed E-state index contributed by atoms with van der Waals surface area (Å²) in [6.07, 6.45) is 4.73. The maximum absolute atomic E-state index is 13.2. The smallest absolute Gasteiger partial charge is 0.257 e. The van der Waals surface area contributed by atoms with E-state index in [0.717, 1.165) is 24.1 Å². The minimum absolute atomic E-state index is 0.0483. The Hall–Kier alpha value is -3.42. The van der Waals surface area contributed by atoms with Crippen LogP contribution in [0.4, 0.5) is 0 Å². The van der Waals surface area contributed by atoms with Crippen molar-refractivity contribution in [1.82, 2.24) is 25.1 Å². The van der Waals surface area contributed by atoms with Crippen molar-refractivity contribution in [3.05, 3.63) is 64.5 Å². The molecule has 0 aliphatic carbocycles. The second-order valence-corrected chi connectivity index (χ2v) is 6.82. The van der Waals surface area contributed by atoms with Gasteiger partial charge in [-0.3, -0.25) is 14.7 Å². The number of methoxy groups -OCH3 is 1. The van der Waals surface area contributed by atoms with Crippen LogP contribution in [0, 0.1) is 0 Å². The highest BCUT2D eigenvalue weighted by Crippen LogP contribution is 2.29. The quantitative estimate of drug-likeness (QED) is 0.723. The number of ether oxygens (including phenoxy) is 1. The van der Waals surface area contributed by atoms with E-state index in [0.29, 0.717) is 30.1 Å². The highest BCUT2D eigenvalue weighted by molar-refractivity contribution is 5.99. The van der Waals surface area contributed by atoms with Crippen molar-refractivity contribution in [2.75, 3.05) is 20.2 Å². The molecule has 1 amide bonds. The largest absolute Gasteiger partial charge is 0.497 e. The molecule has 28 heavy (non-hydrogen) atoms. The Morgan fingerprint density at radius 3 is 3.04 bits per heavy atom. The Bertz CT molecular complexity index is 1040. The number of H-pyrrole nitrogens is 2. The fourth-order valence-electron chi connectivity index (χ4n) is 3.63. The second kappa shape index (κ2) is 7.67. The lowest BCUT2D eigenvalue weighted by molar-refractivity contribution is 0.0706. The molecule has 0 radical (unpaired) electrons. The predicted molar refractivity (Wildman–Crippen MR) is 103 cm³/mol. The third-order valence-corrected chi connectivity index (χ3v) is 5.05. The third kappa shape index (κ3) is 3.53. The average Bonchev–Trinajstić information content (AvgIpc) is 3.23. The molecule has 2 aromatic heterocycles. The predicted octanol–water partition coefficient (Wildman–Crippen LogP) is 2.19. The summed E-state index contributed by atoms with van der Waals surface area (Å²) in [6.45, 7) is 1.19. The maximum Gasteiger partial charge on any atom is 0.257 e. The van der Waals surface area contributed by atoms with E-state index in [4.69, 9.17) is 4.74 Å². The zero-order chi connectivity index (χ0) is 19.5. The number of nitrogens with zero attached hydrogens (tertiary/aromatic N) is 3. The van der Waals surface area contributed by atoms with Crippen LogP contribution in [-0.2, 0) is 0 Å². The van der Waals surface area contributed by atoms with Gasteiger partial charge in [-0.15, -0.1) is 0 Å². The molecule has 3 aromatic rings. The van der Waals surface area contributed by atoms with Gasteiger partial charge in [0, 0.05) is 30.6 Å². The van der Waals surface area contributed by atoms with Crippen molar-refractivity contribution in [2.45, 2.75) is 18.8 Å². The van der Waals surface area contributed by atoms with Gasteiger partial charge in [-0.25, -0.2) is 4.98 Å². The Kier molecular flexibility index (Phi) is 4.92. The lowest BCUT2D eigenvalue weighted by Crippen LogP contribution is -2.39. The number of aromatic amines is 2. The maximum atomic E-state index is 13.2. The van der Waals surface area contributed by atoms with Gasteiger partial charge in [-0.2, -0.15) is 5.10 Å². The minimum atomic E-state index is -0.177. The molecular weight excluding hydrogens is 358 g/mol. The summed E-state index contributed by atoms with van der Waals surface area (Å²) in [5, 5.41) is 7.02. The lowest BCUT2D eigenvalue weighted by atomic mass is 9.94. The summed E-state index contributed by atoms with van der Waals surface area (Å²) in [6, 6.07) is 9.01. The fraction of sp³-hybridized carbons (Fsp3) is 0.300. The van der Waals surface area contributed by atoms with E-state index in [2.05, 4.69) is 20.2 Å². The number of carbonyl (C=O) groups excluding carboxylic acids is 1. The van der Waals surface area contributed by atoms with Gasteiger partial charge in [-0.1, -0.05) is 12.1 Å². The van der Waals surface area contributed by atoms with Crippen molar-refractivity contribution in [1.29, 1.82) is 0 Å². The van der Waals surface area contributed by atoms with Gasteiger partial charge in [-0.05, 0) is 25.0 Å².